The molecule has 3 aromatic rings. The molecule has 5 rings (SSSR count). The number of ether oxygens (including phenoxy) is 2. The number of aryl methyl sites for hydroxylation is 6. The van der Waals surface area contributed by atoms with Crippen LogP contribution >= 0.6 is 0 Å². The molecule has 0 N–H and O–H groups in total. The second-order valence-corrected chi connectivity index (χ2v) is 10.4. The van der Waals surface area contributed by atoms with Crippen LogP contribution in [0.1, 0.15) is 83.5 Å². The minimum Gasteiger partial charge on any atom is -0.454 e. The predicted octanol–water partition coefficient (Wildman–Crippen LogP) is 6.57. The zero-order valence-electron chi connectivity index (χ0n) is 21.3. The van der Waals surface area contributed by atoms with Crippen LogP contribution in [0.25, 0.3) is 0 Å². The van der Waals surface area contributed by atoms with Crippen molar-refractivity contribution < 1.29 is 19.1 Å². The van der Waals surface area contributed by atoms with E-state index >= 15 is 0 Å². The Hall–Kier alpha value is -3.40. The van der Waals surface area contributed by atoms with E-state index in [4.69, 9.17) is 9.47 Å². The van der Waals surface area contributed by atoms with Crippen molar-refractivity contribution in [1.29, 1.82) is 0 Å². The van der Waals surface area contributed by atoms with Gasteiger partial charge in [-0.25, -0.2) is 9.59 Å². The maximum Gasteiger partial charge on any atom is 0.339 e. The summed E-state index contributed by atoms with van der Waals surface area (Å²) in [5.74, 6) is -0.661. The molecule has 2 aliphatic carbocycles. The molecule has 3 aromatic carbocycles. The largest absolute Gasteiger partial charge is 0.454 e. The molecule has 2 aliphatic rings. The highest BCUT2D eigenvalue weighted by Gasteiger charge is 2.55. The summed E-state index contributed by atoms with van der Waals surface area (Å²) in [5.41, 5.74) is 9.41. The summed E-state index contributed by atoms with van der Waals surface area (Å²) in [6.45, 7) is 11.8. The van der Waals surface area contributed by atoms with Crippen molar-refractivity contribution in [2.75, 3.05) is 0 Å². The molecule has 0 saturated heterocycles. The molecule has 0 aliphatic heterocycles. The van der Waals surface area contributed by atoms with E-state index in [2.05, 4.69) is 12.1 Å². The van der Waals surface area contributed by atoms with E-state index in [9.17, 15) is 9.59 Å². The molecule has 0 aromatic heterocycles. The van der Waals surface area contributed by atoms with Crippen LogP contribution in [0, 0.1) is 41.5 Å². The molecule has 35 heavy (non-hydrogen) atoms. The number of carbonyl (C=O) groups is 2. The standard InChI is InChI=1S/C31H32O4/c1-16-11-18(3)26(19(4)12-16)30(32)34-28-24-15-25(23-10-8-7-9-22(23)24)29(28)35-31(33)27-20(5)13-17(2)14-21(27)6/h7-14,24-25,28-29H,15H2,1-6H3/t24?,25?,28-,29+. The maximum atomic E-state index is 13.4. The smallest absolute Gasteiger partial charge is 0.339 e. The Kier molecular flexibility index (Phi) is 5.79. The lowest BCUT2D eigenvalue weighted by Gasteiger charge is -2.32. The Morgan fingerprint density at radius 3 is 1.31 bits per heavy atom. The van der Waals surface area contributed by atoms with Gasteiger partial charge in [-0.15, -0.1) is 0 Å². The molecular formula is C31H32O4. The number of benzene rings is 3. The van der Waals surface area contributed by atoms with Gasteiger partial charge in [-0.05, 0) is 81.3 Å². The highest BCUT2D eigenvalue weighted by Crippen LogP contribution is 2.55. The SMILES string of the molecule is Cc1cc(C)c(C(=O)O[C@@H]2C3CC(c4ccccc43)[C@@H]2OC(=O)c2c(C)cc(C)cc2C)c(C)c1. The topological polar surface area (TPSA) is 52.6 Å². The fraction of sp³-hybridized carbons (Fsp3) is 0.355. The Balaban J connectivity index is 1.49. The lowest BCUT2D eigenvalue weighted by Crippen LogP contribution is -2.39. The van der Waals surface area contributed by atoms with Crippen LogP contribution in [0.3, 0.4) is 0 Å². The molecule has 180 valence electrons. The first kappa shape index (κ1) is 23.3. The number of esters is 2. The highest BCUT2D eigenvalue weighted by molar-refractivity contribution is 5.94. The van der Waals surface area contributed by atoms with Gasteiger partial charge in [0.15, 0.2) is 0 Å². The molecule has 4 heteroatoms. The van der Waals surface area contributed by atoms with Crippen molar-refractivity contribution in [3.8, 4) is 0 Å². The molecule has 2 unspecified atom stereocenters. The summed E-state index contributed by atoms with van der Waals surface area (Å²) in [4.78, 5) is 26.9. The minimum absolute atomic E-state index is 0.0178. The first-order valence-electron chi connectivity index (χ1n) is 12.3. The monoisotopic (exact) mass is 468 g/mol. The Morgan fingerprint density at radius 2 is 0.971 bits per heavy atom. The summed E-state index contributed by atoms with van der Waals surface area (Å²) in [7, 11) is 0. The number of fused-ring (bicyclic) bond motifs is 5. The van der Waals surface area contributed by atoms with Gasteiger partial charge in [0.2, 0.25) is 0 Å². The van der Waals surface area contributed by atoms with Gasteiger partial charge < -0.3 is 9.47 Å². The third kappa shape index (κ3) is 3.95. The number of hydrogen-bond acceptors (Lipinski definition) is 4. The quantitative estimate of drug-likeness (QED) is 0.406. The lowest BCUT2D eigenvalue weighted by atomic mass is 9.87. The minimum atomic E-state index is -0.516. The molecular weight excluding hydrogens is 436 g/mol. The van der Waals surface area contributed by atoms with E-state index in [1.807, 2.05) is 77.9 Å². The van der Waals surface area contributed by atoms with Crippen LogP contribution in [-0.2, 0) is 9.47 Å². The fourth-order valence-corrected chi connectivity index (χ4v) is 6.46. The molecule has 1 fully saturated rings. The van der Waals surface area contributed by atoms with Crippen molar-refractivity contribution in [2.45, 2.75) is 72.0 Å². The summed E-state index contributed by atoms with van der Waals surface area (Å²) in [6, 6.07) is 16.3. The molecule has 2 bridgehead atoms. The normalized spacial score (nSPS) is 22.1. The van der Waals surface area contributed by atoms with Gasteiger partial charge in [0.05, 0.1) is 11.1 Å². The first-order valence-corrected chi connectivity index (χ1v) is 12.3. The summed E-state index contributed by atoms with van der Waals surface area (Å²) >= 11 is 0. The van der Waals surface area contributed by atoms with Gasteiger partial charge in [-0.3, -0.25) is 0 Å². The van der Waals surface area contributed by atoms with E-state index in [1.165, 1.54) is 11.1 Å². The third-order valence-electron chi connectivity index (χ3n) is 7.67. The van der Waals surface area contributed by atoms with Crippen molar-refractivity contribution in [3.63, 3.8) is 0 Å². The Bertz CT molecular complexity index is 1200. The molecule has 0 spiro atoms. The van der Waals surface area contributed by atoms with Gasteiger partial charge in [-0.1, -0.05) is 59.7 Å². The molecule has 4 nitrogen and oxygen atoms in total. The van der Waals surface area contributed by atoms with E-state index < -0.39 is 12.2 Å². The van der Waals surface area contributed by atoms with Crippen molar-refractivity contribution in [1.82, 2.24) is 0 Å². The van der Waals surface area contributed by atoms with Crippen LogP contribution < -0.4 is 0 Å². The van der Waals surface area contributed by atoms with Gasteiger partial charge in [-0.2, -0.15) is 0 Å². The first-order chi connectivity index (χ1) is 16.7. The average molecular weight is 469 g/mol. The number of carbonyl (C=O) groups excluding carboxylic acids is 2. The van der Waals surface area contributed by atoms with Crippen molar-refractivity contribution in [3.05, 3.63) is 104 Å². The number of hydrogen-bond donors (Lipinski definition) is 0. The second kappa shape index (κ2) is 8.67. The lowest BCUT2D eigenvalue weighted by molar-refractivity contribution is -0.0350. The zero-order chi connectivity index (χ0) is 25.0. The molecule has 1 saturated carbocycles. The Labute approximate surface area is 207 Å². The Morgan fingerprint density at radius 1 is 0.629 bits per heavy atom. The molecule has 0 amide bonds. The maximum absolute atomic E-state index is 13.4. The van der Waals surface area contributed by atoms with Crippen LogP contribution in [-0.4, -0.2) is 24.1 Å². The van der Waals surface area contributed by atoms with Crippen molar-refractivity contribution >= 4 is 11.9 Å². The van der Waals surface area contributed by atoms with Gasteiger partial charge in [0.25, 0.3) is 0 Å². The summed E-state index contributed by atoms with van der Waals surface area (Å²) < 4.78 is 12.4. The van der Waals surface area contributed by atoms with Crippen LogP contribution in [0.2, 0.25) is 0 Å². The fourth-order valence-electron chi connectivity index (χ4n) is 6.46. The number of rotatable bonds is 4. The zero-order valence-corrected chi connectivity index (χ0v) is 21.3. The molecule has 0 radical (unpaired) electrons. The predicted molar refractivity (Wildman–Crippen MR) is 136 cm³/mol. The second-order valence-electron chi connectivity index (χ2n) is 10.4. The average Bonchev–Trinajstić information content (AvgIpc) is 3.29. The van der Waals surface area contributed by atoms with E-state index in [0.29, 0.717) is 11.1 Å². The van der Waals surface area contributed by atoms with E-state index in [-0.39, 0.29) is 23.8 Å². The molecule has 4 atom stereocenters. The van der Waals surface area contributed by atoms with Crippen LogP contribution in [0.4, 0.5) is 0 Å². The summed E-state index contributed by atoms with van der Waals surface area (Å²) in [6.07, 6.45) is -0.220. The van der Waals surface area contributed by atoms with Crippen LogP contribution in [0.5, 0.6) is 0 Å². The van der Waals surface area contributed by atoms with Crippen LogP contribution in [0.15, 0.2) is 48.5 Å². The highest BCUT2D eigenvalue weighted by atomic mass is 16.6. The van der Waals surface area contributed by atoms with Gasteiger partial charge >= 0.3 is 11.9 Å². The summed E-state index contributed by atoms with van der Waals surface area (Å²) in [5, 5.41) is 0. The van der Waals surface area contributed by atoms with Gasteiger partial charge in [0.1, 0.15) is 12.2 Å². The van der Waals surface area contributed by atoms with Crippen molar-refractivity contribution in [2.24, 2.45) is 0 Å². The van der Waals surface area contributed by atoms with E-state index in [0.717, 1.165) is 39.8 Å². The molecule has 0 heterocycles. The third-order valence-corrected chi connectivity index (χ3v) is 7.67. The van der Waals surface area contributed by atoms with Gasteiger partial charge in [0, 0.05) is 11.8 Å². The van der Waals surface area contributed by atoms with E-state index in [1.54, 1.807) is 0 Å².